The zero-order chi connectivity index (χ0) is 22.0. The van der Waals surface area contributed by atoms with Crippen molar-refractivity contribution in [1.29, 1.82) is 0 Å². The van der Waals surface area contributed by atoms with Crippen molar-refractivity contribution in [2.75, 3.05) is 11.9 Å². The number of carbonyl (C=O) groups is 2. The Kier molecular flexibility index (Phi) is 5.51. The van der Waals surface area contributed by atoms with Crippen molar-refractivity contribution in [3.05, 3.63) is 72.1 Å². The molecule has 0 saturated carbocycles. The Morgan fingerprint density at radius 3 is 2.68 bits per heavy atom. The van der Waals surface area contributed by atoms with Crippen molar-refractivity contribution in [2.45, 2.75) is 13.3 Å². The quantitative estimate of drug-likeness (QED) is 0.377. The molecule has 31 heavy (non-hydrogen) atoms. The summed E-state index contributed by atoms with van der Waals surface area (Å²) in [4.78, 5) is 30.9. The van der Waals surface area contributed by atoms with Gasteiger partial charge in [0.2, 0.25) is 5.91 Å². The highest BCUT2D eigenvalue weighted by molar-refractivity contribution is 5.97. The summed E-state index contributed by atoms with van der Waals surface area (Å²) in [7, 11) is 0. The van der Waals surface area contributed by atoms with Crippen molar-refractivity contribution in [1.82, 2.24) is 9.97 Å². The van der Waals surface area contributed by atoms with Crippen LogP contribution in [0, 0.1) is 6.92 Å². The first-order chi connectivity index (χ1) is 15.0. The second-order valence-electron chi connectivity index (χ2n) is 7.33. The number of rotatable bonds is 6. The number of nitrogens with zero attached hydrogens (tertiary/aromatic N) is 1. The van der Waals surface area contributed by atoms with E-state index in [0.717, 1.165) is 33.3 Å². The number of carboxylic acids is 1. The van der Waals surface area contributed by atoms with E-state index in [2.05, 4.69) is 15.3 Å². The lowest BCUT2D eigenvalue weighted by Crippen LogP contribution is -2.16. The molecule has 2 heterocycles. The molecule has 1 amide bonds. The van der Waals surface area contributed by atoms with E-state index in [1.807, 2.05) is 42.6 Å². The van der Waals surface area contributed by atoms with Crippen LogP contribution in [0.4, 0.5) is 5.69 Å². The number of aromatic carboxylic acids is 1. The number of H-pyrrole nitrogens is 1. The van der Waals surface area contributed by atoms with Gasteiger partial charge in [0.25, 0.3) is 0 Å². The fraction of sp³-hybridized carbons (Fsp3) is 0.125. The molecule has 0 fully saturated rings. The molecule has 0 saturated heterocycles. The van der Waals surface area contributed by atoms with Gasteiger partial charge < -0.3 is 21.1 Å². The van der Waals surface area contributed by atoms with Crippen LogP contribution in [0.1, 0.15) is 22.3 Å². The molecule has 4 aromatic rings. The number of anilines is 1. The molecular formula is C24H22N4O3. The van der Waals surface area contributed by atoms with E-state index in [0.29, 0.717) is 17.8 Å². The second kappa shape index (κ2) is 8.41. The largest absolute Gasteiger partial charge is 0.478 e. The van der Waals surface area contributed by atoms with E-state index in [4.69, 9.17) is 5.73 Å². The molecule has 4 rings (SSSR count). The number of nitrogens with one attached hydrogen (secondary N) is 2. The molecule has 0 aliphatic rings. The monoisotopic (exact) mass is 414 g/mol. The first-order valence-electron chi connectivity index (χ1n) is 9.88. The number of fused-ring (bicyclic) bond motifs is 1. The van der Waals surface area contributed by atoms with Crippen LogP contribution in [0.3, 0.4) is 0 Å². The fourth-order valence-corrected chi connectivity index (χ4v) is 3.60. The average molecular weight is 414 g/mol. The minimum atomic E-state index is -0.939. The first kappa shape index (κ1) is 20.3. The van der Waals surface area contributed by atoms with Gasteiger partial charge in [-0.3, -0.25) is 4.79 Å². The number of carboxylic acid groups (broad SMARTS) is 1. The summed E-state index contributed by atoms with van der Waals surface area (Å²) in [6.07, 6.45) is 3.92. The van der Waals surface area contributed by atoms with Crippen LogP contribution in [-0.2, 0) is 4.79 Å². The SMILES string of the molecule is Cc1cc(-c2c[nH]c3ncc(-c4cccc(NC(=O)CCN)c4)cc23)ccc1C(=O)O. The average Bonchev–Trinajstić information content (AvgIpc) is 3.17. The molecule has 7 heteroatoms. The van der Waals surface area contributed by atoms with Gasteiger partial charge in [0.15, 0.2) is 0 Å². The van der Waals surface area contributed by atoms with Crippen LogP contribution in [0.25, 0.3) is 33.3 Å². The molecule has 0 bridgehead atoms. The zero-order valence-corrected chi connectivity index (χ0v) is 17.0. The third-order valence-corrected chi connectivity index (χ3v) is 5.15. The molecular weight excluding hydrogens is 392 g/mol. The molecule has 0 atom stereocenters. The lowest BCUT2D eigenvalue weighted by Gasteiger charge is -2.08. The van der Waals surface area contributed by atoms with Gasteiger partial charge in [-0.05, 0) is 47.9 Å². The maximum atomic E-state index is 11.9. The molecule has 0 unspecified atom stereocenters. The van der Waals surface area contributed by atoms with Crippen LogP contribution >= 0.6 is 0 Å². The van der Waals surface area contributed by atoms with Gasteiger partial charge in [-0.15, -0.1) is 0 Å². The predicted molar refractivity (Wildman–Crippen MR) is 121 cm³/mol. The highest BCUT2D eigenvalue weighted by atomic mass is 16.4. The molecule has 156 valence electrons. The minimum Gasteiger partial charge on any atom is -0.478 e. The molecule has 2 aromatic heterocycles. The summed E-state index contributed by atoms with van der Waals surface area (Å²) in [6.45, 7) is 2.09. The molecule has 0 radical (unpaired) electrons. The first-order valence-corrected chi connectivity index (χ1v) is 9.88. The normalized spacial score (nSPS) is 10.9. The Balaban J connectivity index is 1.72. The topological polar surface area (TPSA) is 121 Å². The van der Waals surface area contributed by atoms with Crippen LogP contribution in [0.5, 0.6) is 0 Å². The summed E-state index contributed by atoms with van der Waals surface area (Å²) >= 11 is 0. The standard InChI is InChI=1S/C24H22N4O3/c1-14-9-16(5-6-19(14)24(30)31)21-13-27-23-20(21)11-17(12-26-23)15-3-2-4-18(10-15)28-22(29)7-8-25/h2-6,9-13H,7-8,25H2,1H3,(H,26,27)(H,28,29)(H,30,31). The number of hydrogen-bond acceptors (Lipinski definition) is 4. The van der Waals surface area contributed by atoms with Gasteiger partial charge in [-0.1, -0.05) is 24.3 Å². The maximum Gasteiger partial charge on any atom is 0.335 e. The van der Waals surface area contributed by atoms with Crippen molar-refractivity contribution in [3.8, 4) is 22.3 Å². The van der Waals surface area contributed by atoms with E-state index in [9.17, 15) is 14.7 Å². The molecule has 0 spiro atoms. The lowest BCUT2D eigenvalue weighted by atomic mass is 9.98. The zero-order valence-electron chi connectivity index (χ0n) is 17.0. The smallest absolute Gasteiger partial charge is 0.335 e. The Morgan fingerprint density at radius 1 is 1.10 bits per heavy atom. The Labute approximate surface area is 178 Å². The van der Waals surface area contributed by atoms with Gasteiger partial charge in [0, 0.05) is 47.6 Å². The Morgan fingerprint density at radius 2 is 1.94 bits per heavy atom. The van der Waals surface area contributed by atoms with Crippen LogP contribution in [0.2, 0.25) is 0 Å². The number of aromatic amines is 1. The summed E-state index contributed by atoms with van der Waals surface area (Å²) < 4.78 is 0. The van der Waals surface area contributed by atoms with Gasteiger partial charge >= 0.3 is 5.97 Å². The van der Waals surface area contributed by atoms with Crippen molar-refractivity contribution in [3.63, 3.8) is 0 Å². The number of amides is 1. The van der Waals surface area contributed by atoms with Gasteiger partial charge in [-0.2, -0.15) is 0 Å². The van der Waals surface area contributed by atoms with Crippen LogP contribution in [0.15, 0.2) is 60.9 Å². The number of pyridine rings is 1. The van der Waals surface area contributed by atoms with E-state index < -0.39 is 5.97 Å². The van der Waals surface area contributed by atoms with E-state index >= 15 is 0 Å². The highest BCUT2D eigenvalue weighted by Gasteiger charge is 2.13. The Hall–Kier alpha value is -3.97. The van der Waals surface area contributed by atoms with E-state index in [-0.39, 0.29) is 17.9 Å². The Bertz CT molecular complexity index is 1290. The number of nitrogens with two attached hydrogens (primary N) is 1. The van der Waals surface area contributed by atoms with Gasteiger partial charge in [-0.25, -0.2) is 9.78 Å². The highest BCUT2D eigenvalue weighted by Crippen LogP contribution is 2.32. The maximum absolute atomic E-state index is 11.9. The van der Waals surface area contributed by atoms with Gasteiger partial charge in [0.1, 0.15) is 5.65 Å². The third kappa shape index (κ3) is 4.17. The number of benzene rings is 2. The minimum absolute atomic E-state index is 0.124. The van der Waals surface area contributed by atoms with Crippen LogP contribution < -0.4 is 11.1 Å². The van der Waals surface area contributed by atoms with E-state index in [1.165, 1.54) is 0 Å². The fourth-order valence-electron chi connectivity index (χ4n) is 3.60. The summed E-state index contributed by atoms with van der Waals surface area (Å²) in [5.41, 5.74) is 11.5. The molecule has 5 N–H and O–H groups in total. The van der Waals surface area contributed by atoms with Crippen molar-refractivity contribution >= 4 is 28.6 Å². The van der Waals surface area contributed by atoms with Crippen molar-refractivity contribution in [2.24, 2.45) is 5.73 Å². The number of aromatic nitrogens is 2. The van der Waals surface area contributed by atoms with Gasteiger partial charge in [0.05, 0.1) is 5.56 Å². The van der Waals surface area contributed by atoms with Crippen LogP contribution in [-0.4, -0.2) is 33.5 Å². The third-order valence-electron chi connectivity index (χ3n) is 5.15. The summed E-state index contributed by atoms with van der Waals surface area (Å²) in [5.74, 6) is -1.06. The van der Waals surface area contributed by atoms with Crippen molar-refractivity contribution < 1.29 is 14.7 Å². The molecule has 2 aromatic carbocycles. The number of carbonyl (C=O) groups excluding carboxylic acids is 1. The number of hydrogen-bond donors (Lipinski definition) is 4. The molecule has 7 nitrogen and oxygen atoms in total. The second-order valence-corrected chi connectivity index (χ2v) is 7.33. The molecule has 0 aliphatic carbocycles. The predicted octanol–water partition coefficient (Wildman–Crippen LogP) is 4.19. The summed E-state index contributed by atoms with van der Waals surface area (Å²) in [6, 6.07) is 14.9. The van der Waals surface area contributed by atoms with E-state index in [1.54, 1.807) is 25.3 Å². The lowest BCUT2D eigenvalue weighted by molar-refractivity contribution is -0.116. The summed E-state index contributed by atoms with van der Waals surface area (Å²) in [5, 5.41) is 13.1. The number of aryl methyl sites for hydroxylation is 1. The molecule has 0 aliphatic heterocycles.